The molecule has 2 aliphatic heterocycles. The lowest BCUT2D eigenvalue weighted by Gasteiger charge is -2.36. The molecule has 0 radical (unpaired) electrons. The van der Waals surface area contributed by atoms with Gasteiger partial charge in [-0.1, -0.05) is 6.07 Å². The summed E-state index contributed by atoms with van der Waals surface area (Å²) < 4.78 is 30.7. The Balaban J connectivity index is 1.30. The second-order valence-corrected chi connectivity index (χ2v) is 11.9. The van der Waals surface area contributed by atoms with Gasteiger partial charge in [0.25, 0.3) is 0 Å². The fraction of sp³-hybridized carbons (Fsp3) is 0.462. The Morgan fingerprint density at radius 1 is 1.08 bits per heavy atom. The number of carbonyl (C=O) groups excluding carboxylic acids is 1. The number of pyridine rings is 3. The van der Waals surface area contributed by atoms with Crippen LogP contribution in [0.1, 0.15) is 26.0 Å². The number of anilines is 1. The fourth-order valence-corrected chi connectivity index (χ4v) is 5.88. The number of hydrogen-bond donors (Lipinski definition) is 1. The molecule has 0 unspecified atom stereocenters. The Hall–Kier alpha value is -3.15. The molecule has 196 valence electrons. The molecular weight excluding hydrogens is 492 g/mol. The minimum absolute atomic E-state index is 0.0956. The lowest BCUT2D eigenvalue weighted by molar-refractivity contribution is -0.121. The molecule has 0 aromatic carbocycles. The van der Waals surface area contributed by atoms with Gasteiger partial charge >= 0.3 is 0 Å². The number of sulfonamides is 1. The maximum Gasteiger partial charge on any atom is 0.226 e. The van der Waals surface area contributed by atoms with Gasteiger partial charge in [-0.05, 0) is 50.6 Å². The van der Waals surface area contributed by atoms with E-state index >= 15 is 0 Å². The first-order chi connectivity index (χ1) is 17.6. The van der Waals surface area contributed by atoms with Crippen molar-refractivity contribution in [3.8, 4) is 11.4 Å². The molecule has 1 N–H and O–H groups in total. The number of morpholine rings is 1. The van der Waals surface area contributed by atoms with Gasteiger partial charge in [-0.3, -0.25) is 9.78 Å². The predicted octanol–water partition coefficient (Wildman–Crippen LogP) is 2.00. The number of amides is 1. The molecule has 5 heterocycles. The van der Waals surface area contributed by atoms with Crippen molar-refractivity contribution < 1.29 is 17.9 Å². The van der Waals surface area contributed by atoms with Crippen LogP contribution in [-0.4, -0.2) is 84.3 Å². The molecule has 2 fully saturated rings. The van der Waals surface area contributed by atoms with Crippen LogP contribution in [0.15, 0.2) is 42.6 Å². The summed E-state index contributed by atoms with van der Waals surface area (Å²) in [6.45, 7) is 6.44. The molecule has 0 spiro atoms. The largest absolute Gasteiger partial charge is 0.372 e. The highest BCUT2D eigenvalue weighted by atomic mass is 32.2. The Morgan fingerprint density at radius 2 is 1.84 bits per heavy atom. The average Bonchev–Trinajstić information content (AvgIpc) is 3.32. The maximum absolute atomic E-state index is 12.6. The lowest BCUT2D eigenvalue weighted by Crippen LogP contribution is -2.45. The lowest BCUT2D eigenvalue weighted by atomic mass is 10.1. The number of hydrogen-bond acceptors (Lipinski definition) is 8. The Labute approximate surface area is 217 Å². The summed E-state index contributed by atoms with van der Waals surface area (Å²) >= 11 is 0. The van der Waals surface area contributed by atoms with Crippen molar-refractivity contribution in [2.24, 2.45) is 0 Å². The number of rotatable bonds is 6. The number of ether oxygens (including phenoxy) is 1. The number of carbonyl (C=O) groups is 1. The quantitative estimate of drug-likeness (QED) is 0.520. The monoisotopic (exact) mass is 524 g/mol. The van der Waals surface area contributed by atoms with Gasteiger partial charge < -0.3 is 15.0 Å². The number of fused-ring (bicyclic) bond motifs is 1. The zero-order valence-corrected chi connectivity index (χ0v) is 22.1. The van der Waals surface area contributed by atoms with E-state index in [4.69, 9.17) is 14.7 Å². The fourth-order valence-electron chi connectivity index (χ4n) is 4.99. The second-order valence-electron chi connectivity index (χ2n) is 9.96. The van der Waals surface area contributed by atoms with Crippen molar-refractivity contribution in [2.75, 3.05) is 37.3 Å². The Bertz CT molecular complexity index is 1410. The van der Waals surface area contributed by atoms with Gasteiger partial charge in [0.2, 0.25) is 15.9 Å². The third kappa shape index (κ3) is 6.06. The molecule has 10 nitrogen and oxygen atoms in total. The van der Waals surface area contributed by atoms with Gasteiger partial charge in [0.05, 0.1) is 47.5 Å². The van der Waals surface area contributed by atoms with Crippen LogP contribution < -0.4 is 10.2 Å². The highest BCUT2D eigenvalue weighted by Gasteiger charge is 2.29. The van der Waals surface area contributed by atoms with Crippen molar-refractivity contribution >= 4 is 32.7 Å². The first-order valence-corrected chi connectivity index (χ1v) is 14.4. The van der Waals surface area contributed by atoms with E-state index in [1.165, 1.54) is 10.6 Å². The number of nitrogens with zero attached hydrogens (tertiary/aromatic N) is 5. The summed E-state index contributed by atoms with van der Waals surface area (Å²) in [5.74, 6) is 0.710. The SMILES string of the molecule is C[C@@H]1CN(c2cccc(-c3ccc4cnc(CC(=O)N[C@H]5CCN(S(C)(=O)=O)C5)cc4n3)n2)C[C@H](C)O1. The smallest absolute Gasteiger partial charge is 0.226 e. The van der Waals surface area contributed by atoms with E-state index in [-0.39, 0.29) is 30.6 Å². The minimum atomic E-state index is -3.25. The predicted molar refractivity (Wildman–Crippen MR) is 142 cm³/mol. The molecule has 0 aliphatic carbocycles. The molecule has 2 aliphatic rings. The van der Waals surface area contributed by atoms with Crippen LogP contribution in [0.4, 0.5) is 5.82 Å². The number of nitrogens with one attached hydrogen (secondary N) is 1. The Morgan fingerprint density at radius 3 is 2.57 bits per heavy atom. The van der Waals surface area contributed by atoms with Crippen LogP contribution in [0.25, 0.3) is 22.3 Å². The van der Waals surface area contributed by atoms with Gasteiger partial charge in [0.1, 0.15) is 5.82 Å². The van der Waals surface area contributed by atoms with E-state index in [0.717, 1.165) is 41.2 Å². The Kier molecular flexibility index (Phi) is 7.11. The molecule has 0 saturated carbocycles. The summed E-state index contributed by atoms with van der Waals surface area (Å²) in [7, 11) is -3.25. The molecule has 5 rings (SSSR count). The van der Waals surface area contributed by atoms with Crippen LogP contribution in [0, 0.1) is 0 Å². The van der Waals surface area contributed by atoms with Crippen LogP contribution >= 0.6 is 0 Å². The zero-order chi connectivity index (χ0) is 26.2. The summed E-state index contributed by atoms with van der Waals surface area (Å²) in [5.41, 5.74) is 2.86. The van der Waals surface area contributed by atoms with E-state index in [0.29, 0.717) is 25.2 Å². The minimum Gasteiger partial charge on any atom is -0.372 e. The standard InChI is InChI=1S/C26H32N6O4S/c1-17-14-31(15-18(2)36-17)25-6-4-5-22(30-25)23-8-7-19-13-27-21(11-24(19)29-23)12-26(33)28-20-9-10-32(16-20)37(3,34)35/h4-8,11,13,17-18,20H,9-10,12,14-16H2,1-3H3,(H,28,33)/t17-,18+,20-/m0/s1. The summed E-state index contributed by atoms with van der Waals surface area (Å²) in [4.78, 5) is 29.0. The summed E-state index contributed by atoms with van der Waals surface area (Å²) in [5, 5.41) is 3.80. The second kappa shape index (κ2) is 10.3. The van der Waals surface area contributed by atoms with E-state index in [9.17, 15) is 13.2 Å². The van der Waals surface area contributed by atoms with Crippen molar-refractivity contribution in [3.63, 3.8) is 0 Å². The van der Waals surface area contributed by atoms with Crippen LogP contribution in [-0.2, 0) is 26.0 Å². The van der Waals surface area contributed by atoms with Crippen LogP contribution in [0.3, 0.4) is 0 Å². The van der Waals surface area contributed by atoms with E-state index < -0.39 is 10.0 Å². The molecule has 11 heteroatoms. The highest BCUT2D eigenvalue weighted by molar-refractivity contribution is 7.88. The van der Waals surface area contributed by atoms with Gasteiger partial charge in [-0.2, -0.15) is 0 Å². The molecule has 0 bridgehead atoms. The van der Waals surface area contributed by atoms with E-state index in [1.807, 2.05) is 36.4 Å². The van der Waals surface area contributed by atoms with E-state index in [1.54, 1.807) is 6.20 Å². The normalized spacial score (nSPS) is 22.9. The highest BCUT2D eigenvalue weighted by Crippen LogP contribution is 2.24. The molecule has 37 heavy (non-hydrogen) atoms. The molecule has 3 aromatic heterocycles. The molecule has 2 saturated heterocycles. The van der Waals surface area contributed by atoms with Gasteiger partial charge in [0.15, 0.2) is 0 Å². The topological polar surface area (TPSA) is 118 Å². The first-order valence-electron chi connectivity index (χ1n) is 12.5. The summed E-state index contributed by atoms with van der Waals surface area (Å²) in [6.07, 6.45) is 3.89. The van der Waals surface area contributed by atoms with Crippen molar-refractivity contribution in [2.45, 2.75) is 44.9 Å². The molecule has 3 atom stereocenters. The van der Waals surface area contributed by atoms with Gasteiger partial charge in [-0.15, -0.1) is 0 Å². The molecule has 1 amide bonds. The third-order valence-corrected chi connectivity index (χ3v) is 7.97. The van der Waals surface area contributed by atoms with E-state index in [2.05, 4.69) is 29.0 Å². The van der Waals surface area contributed by atoms with Crippen molar-refractivity contribution in [3.05, 3.63) is 48.3 Å². The first kappa shape index (κ1) is 25.5. The average molecular weight is 525 g/mol. The number of aromatic nitrogens is 3. The van der Waals surface area contributed by atoms with Crippen molar-refractivity contribution in [1.82, 2.24) is 24.6 Å². The summed E-state index contributed by atoms with van der Waals surface area (Å²) in [6, 6.07) is 11.5. The van der Waals surface area contributed by atoms with Gasteiger partial charge in [0, 0.05) is 43.8 Å². The van der Waals surface area contributed by atoms with Crippen LogP contribution in [0.2, 0.25) is 0 Å². The molecular formula is C26H32N6O4S. The van der Waals surface area contributed by atoms with Gasteiger partial charge in [-0.25, -0.2) is 22.7 Å². The third-order valence-electron chi connectivity index (χ3n) is 6.70. The van der Waals surface area contributed by atoms with Crippen molar-refractivity contribution in [1.29, 1.82) is 0 Å². The van der Waals surface area contributed by atoms with Crippen LogP contribution in [0.5, 0.6) is 0 Å². The maximum atomic E-state index is 12.6. The molecule has 3 aromatic rings. The zero-order valence-electron chi connectivity index (χ0n) is 21.3.